The molecule has 0 bridgehead atoms. The minimum atomic E-state index is -0.189. The third kappa shape index (κ3) is 3.19. The van der Waals surface area contributed by atoms with Gasteiger partial charge in [-0.05, 0) is 19.4 Å². The molecule has 1 fully saturated rings. The van der Waals surface area contributed by atoms with Crippen molar-refractivity contribution >= 4 is 5.91 Å². The van der Waals surface area contributed by atoms with Crippen LogP contribution in [-0.4, -0.2) is 43.1 Å². The maximum Gasteiger partial charge on any atom is 0.237 e. The van der Waals surface area contributed by atoms with E-state index >= 15 is 0 Å². The van der Waals surface area contributed by atoms with Crippen molar-refractivity contribution in [1.82, 2.24) is 10.2 Å². The molecule has 5 heteroatoms. The van der Waals surface area contributed by atoms with Crippen molar-refractivity contribution in [3.63, 3.8) is 0 Å². The van der Waals surface area contributed by atoms with E-state index in [0.29, 0.717) is 6.54 Å². The summed E-state index contributed by atoms with van der Waals surface area (Å²) >= 11 is 0. The third-order valence-corrected chi connectivity index (χ3v) is 4.24. The summed E-state index contributed by atoms with van der Waals surface area (Å²) in [6, 6.07) is 7.66. The van der Waals surface area contributed by atoms with Gasteiger partial charge in [-0.1, -0.05) is 25.1 Å². The zero-order chi connectivity index (χ0) is 15.4. The van der Waals surface area contributed by atoms with Crippen LogP contribution in [0.2, 0.25) is 0 Å². The Morgan fingerprint density at radius 2 is 2.19 bits per heavy atom. The molecule has 1 aromatic carbocycles. The van der Waals surface area contributed by atoms with Crippen LogP contribution >= 0.6 is 0 Å². The molecule has 1 aromatic rings. The van der Waals surface area contributed by atoms with Gasteiger partial charge in [0.15, 0.2) is 0 Å². The van der Waals surface area contributed by atoms with E-state index in [2.05, 4.69) is 17.1 Å². The molecule has 0 radical (unpaired) electrons. The second kappa shape index (κ2) is 6.91. The first-order chi connectivity index (χ1) is 10.1. The number of benzene rings is 1. The second-order valence-electron chi connectivity index (χ2n) is 5.46. The van der Waals surface area contributed by atoms with E-state index in [-0.39, 0.29) is 24.0 Å². The lowest BCUT2D eigenvalue weighted by atomic mass is 9.93. The number of nitrogens with two attached hydrogens (primary N) is 1. The van der Waals surface area contributed by atoms with Gasteiger partial charge in [0.05, 0.1) is 19.2 Å². The third-order valence-electron chi connectivity index (χ3n) is 4.24. The molecule has 0 aromatic heterocycles. The number of ether oxygens (including phenoxy) is 1. The first-order valence-corrected chi connectivity index (χ1v) is 7.52. The predicted octanol–water partition coefficient (Wildman–Crippen LogP) is 1.29. The van der Waals surface area contributed by atoms with Crippen LogP contribution < -0.4 is 15.8 Å². The maximum atomic E-state index is 12.0. The molecular weight excluding hydrogens is 266 g/mol. The fraction of sp³-hybridized carbons (Fsp3) is 0.562. The topological polar surface area (TPSA) is 67.6 Å². The van der Waals surface area contributed by atoms with Gasteiger partial charge in [-0.15, -0.1) is 0 Å². The Labute approximate surface area is 126 Å². The molecule has 3 atom stereocenters. The Bertz CT molecular complexity index is 492. The molecule has 116 valence electrons. The van der Waals surface area contributed by atoms with Crippen molar-refractivity contribution in [2.75, 3.05) is 20.2 Å². The van der Waals surface area contributed by atoms with Gasteiger partial charge >= 0.3 is 0 Å². The SMILES string of the molecule is CCC(N)C(c1ccccc1OC)N1CCNC(=O)C1C. The van der Waals surface area contributed by atoms with Crippen LogP contribution in [0, 0.1) is 0 Å². The quantitative estimate of drug-likeness (QED) is 0.858. The highest BCUT2D eigenvalue weighted by Gasteiger charge is 2.35. The number of carbonyl (C=O) groups excluding carboxylic acids is 1. The van der Waals surface area contributed by atoms with Crippen molar-refractivity contribution in [2.45, 2.75) is 38.4 Å². The monoisotopic (exact) mass is 291 g/mol. The minimum absolute atomic E-state index is 0.0211. The van der Waals surface area contributed by atoms with E-state index in [1.54, 1.807) is 7.11 Å². The number of amides is 1. The van der Waals surface area contributed by atoms with E-state index in [9.17, 15) is 4.79 Å². The summed E-state index contributed by atoms with van der Waals surface area (Å²) < 4.78 is 5.49. The molecule has 1 aliphatic rings. The van der Waals surface area contributed by atoms with E-state index < -0.39 is 0 Å². The zero-order valence-electron chi connectivity index (χ0n) is 13.0. The van der Waals surface area contributed by atoms with Crippen LogP contribution in [0.5, 0.6) is 5.75 Å². The first kappa shape index (κ1) is 15.8. The van der Waals surface area contributed by atoms with E-state index in [0.717, 1.165) is 24.3 Å². The predicted molar refractivity (Wildman–Crippen MR) is 83.2 cm³/mol. The summed E-state index contributed by atoms with van der Waals surface area (Å²) in [5, 5.41) is 2.90. The fourth-order valence-corrected chi connectivity index (χ4v) is 2.97. The molecule has 2 rings (SSSR count). The lowest BCUT2D eigenvalue weighted by Crippen LogP contribution is -2.57. The molecule has 0 spiro atoms. The van der Waals surface area contributed by atoms with Crippen molar-refractivity contribution in [3.05, 3.63) is 29.8 Å². The molecular formula is C16H25N3O2. The van der Waals surface area contributed by atoms with Crippen molar-refractivity contribution in [1.29, 1.82) is 0 Å². The highest BCUT2D eigenvalue weighted by Crippen LogP contribution is 2.33. The second-order valence-corrected chi connectivity index (χ2v) is 5.46. The Morgan fingerprint density at radius 3 is 2.86 bits per heavy atom. The Kier molecular flexibility index (Phi) is 5.20. The normalized spacial score (nSPS) is 22.5. The van der Waals surface area contributed by atoms with Gasteiger partial charge in [0.1, 0.15) is 5.75 Å². The number of nitrogens with zero attached hydrogens (tertiary/aromatic N) is 1. The van der Waals surface area contributed by atoms with Gasteiger partial charge in [0.2, 0.25) is 5.91 Å². The number of nitrogens with one attached hydrogen (secondary N) is 1. The molecule has 21 heavy (non-hydrogen) atoms. The minimum Gasteiger partial charge on any atom is -0.496 e. The number of para-hydroxylation sites is 1. The number of carbonyl (C=O) groups is 1. The number of hydrogen-bond acceptors (Lipinski definition) is 4. The van der Waals surface area contributed by atoms with Gasteiger partial charge in [-0.3, -0.25) is 9.69 Å². The highest BCUT2D eigenvalue weighted by atomic mass is 16.5. The van der Waals surface area contributed by atoms with E-state index in [1.807, 2.05) is 31.2 Å². The molecule has 3 N–H and O–H groups in total. The largest absolute Gasteiger partial charge is 0.496 e. The number of hydrogen-bond donors (Lipinski definition) is 2. The van der Waals surface area contributed by atoms with Gasteiger partial charge in [-0.2, -0.15) is 0 Å². The molecule has 1 heterocycles. The summed E-state index contributed by atoms with van der Waals surface area (Å²) in [5.74, 6) is 0.883. The summed E-state index contributed by atoms with van der Waals surface area (Å²) in [4.78, 5) is 14.2. The highest BCUT2D eigenvalue weighted by molar-refractivity contribution is 5.82. The van der Waals surface area contributed by atoms with Crippen LogP contribution in [0.25, 0.3) is 0 Å². The van der Waals surface area contributed by atoms with Gasteiger partial charge < -0.3 is 15.8 Å². The van der Waals surface area contributed by atoms with Crippen LogP contribution in [0.4, 0.5) is 0 Å². The standard InChI is InChI=1S/C16H25N3O2/c1-4-13(17)15(12-7-5-6-8-14(12)21-3)19-10-9-18-16(20)11(19)2/h5-8,11,13,15H,4,9-10,17H2,1-3H3,(H,18,20). The zero-order valence-corrected chi connectivity index (χ0v) is 13.0. The first-order valence-electron chi connectivity index (χ1n) is 7.52. The summed E-state index contributed by atoms with van der Waals surface area (Å²) in [6.45, 7) is 5.45. The number of rotatable bonds is 5. The average molecular weight is 291 g/mol. The Morgan fingerprint density at radius 1 is 1.48 bits per heavy atom. The van der Waals surface area contributed by atoms with Gasteiger partial charge in [-0.25, -0.2) is 0 Å². The Hall–Kier alpha value is -1.59. The van der Waals surface area contributed by atoms with Crippen LogP contribution in [0.3, 0.4) is 0 Å². The fourth-order valence-electron chi connectivity index (χ4n) is 2.97. The summed E-state index contributed by atoms with van der Waals surface area (Å²) in [5.41, 5.74) is 7.43. The average Bonchev–Trinajstić information content (AvgIpc) is 2.52. The molecule has 0 aliphatic carbocycles. The van der Waals surface area contributed by atoms with Crippen LogP contribution in [0.15, 0.2) is 24.3 Å². The maximum absolute atomic E-state index is 12.0. The molecule has 0 saturated carbocycles. The van der Waals surface area contributed by atoms with Gasteiger partial charge in [0, 0.05) is 24.7 Å². The van der Waals surface area contributed by atoms with E-state index in [1.165, 1.54) is 0 Å². The smallest absolute Gasteiger partial charge is 0.237 e. The Balaban J connectivity index is 2.40. The van der Waals surface area contributed by atoms with Crippen LogP contribution in [0.1, 0.15) is 31.9 Å². The molecule has 3 unspecified atom stereocenters. The van der Waals surface area contributed by atoms with Gasteiger partial charge in [0.25, 0.3) is 0 Å². The van der Waals surface area contributed by atoms with Crippen molar-refractivity contribution in [3.8, 4) is 5.75 Å². The lowest BCUT2D eigenvalue weighted by molar-refractivity contribution is -0.129. The van der Waals surface area contributed by atoms with E-state index in [4.69, 9.17) is 10.5 Å². The molecule has 1 aliphatic heterocycles. The molecule has 5 nitrogen and oxygen atoms in total. The molecule has 1 amide bonds. The van der Waals surface area contributed by atoms with Crippen molar-refractivity contribution in [2.24, 2.45) is 5.73 Å². The van der Waals surface area contributed by atoms with Crippen LogP contribution in [-0.2, 0) is 4.79 Å². The lowest BCUT2D eigenvalue weighted by Gasteiger charge is -2.41. The number of piperazine rings is 1. The number of methoxy groups -OCH3 is 1. The summed E-state index contributed by atoms with van der Waals surface area (Å²) in [7, 11) is 1.67. The summed E-state index contributed by atoms with van der Waals surface area (Å²) in [6.07, 6.45) is 0.841. The van der Waals surface area contributed by atoms with Crippen molar-refractivity contribution < 1.29 is 9.53 Å². The molecule has 1 saturated heterocycles.